The van der Waals surface area contributed by atoms with Crippen molar-refractivity contribution in [3.8, 4) is 0 Å². The zero-order chi connectivity index (χ0) is 14.8. The molecule has 4 heteroatoms. The summed E-state index contributed by atoms with van der Waals surface area (Å²) in [7, 11) is 0. The van der Waals surface area contributed by atoms with Crippen molar-refractivity contribution in [3.63, 3.8) is 0 Å². The number of nitrogens with one attached hydrogen (secondary N) is 2. The molecule has 0 aliphatic heterocycles. The molecule has 0 fully saturated rings. The van der Waals surface area contributed by atoms with Crippen molar-refractivity contribution in [2.45, 2.75) is 12.8 Å². The Morgan fingerprint density at radius 2 is 1.67 bits per heavy atom. The molecule has 0 aromatic heterocycles. The number of hydrogen-bond donors (Lipinski definition) is 2. The van der Waals surface area contributed by atoms with Gasteiger partial charge in [0.2, 0.25) is 5.91 Å². The molecule has 2 aromatic carbocycles. The number of nitrogens with zero attached hydrogens (tertiary/aromatic N) is 1. The van der Waals surface area contributed by atoms with Crippen LogP contribution >= 0.6 is 0 Å². The third-order valence-corrected chi connectivity index (χ3v) is 2.89. The first-order chi connectivity index (χ1) is 10.3. The summed E-state index contributed by atoms with van der Waals surface area (Å²) in [5.41, 5.74) is 4.56. The van der Waals surface area contributed by atoms with E-state index in [1.165, 1.54) is 0 Å². The normalized spacial score (nSPS) is 10.5. The molecule has 0 aliphatic carbocycles. The van der Waals surface area contributed by atoms with Crippen LogP contribution in [0.5, 0.6) is 0 Å². The molecule has 0 unspecified atom stereocenters. The maximum absolute atomic E-state index is 11.6. The Hall–Kier alpha value is -2.62. The fraction of sp³-hybridized carbons (Fsp3) is 0.176. The Balaban J connectivity index is 1.61. The Kier molecular flexibility index (Phi) is 6.00. The first-order valence-electron chi connectivity index (χ1n) is 7.00. The monoisotopic (exact) mass is 281 g/mol. The van der Waals surface area contributed by atoms with E-state index in [4.69, 9.17) is 0 Å². The fourth-order valence-electron chi connectivity index (χ4n) is 1.81. The SMILES string of the molecule is O=C(CCCNc1ccccc1)N/N=C\c1ccccc1. The molecule has 108 valence electrons. The molecular formula is C17H19N3O. The molecule has 0 heterocycles. The predicted octanol–water partition coefficient (Wildman–Crippen LogP) is 3.03. The van der Waals surface area contributed by atoms with Gasteiger partial charge in [0.05, 0.1) is 6.21 Å². The molecular weight excluding hydrogens is 262 g/mol. The number of hydrazone groups is 1. The molecule has 2 rings (SSSR count). The number of carbonyl (C=O) groups is 1. The van der Waals surface area contributed by atoms with Gasteiger partial charge < -0.3 is 5.32 Å². The molecule has 0 atom stereocenters. The van der Waals surface area contributed by atoms with Gasteiger partial charge in [-0.3, -0.25) is 4.79 Å². The largest absolute Gasteiger partial charge is 0.385 e. The minimum Gasteiger partial charge on any atom is -0.385 e. The fourth-order valence-corrected chi connectivity index (χ4v) is 1.81. The van der Waals surface area contributed by atoms with Gasteiger partial charge in [0.25, 0.3) is 0 Å². The summed E-state index contributed by atoms with van der Waals surface area (Å²) in [6.07, 6.45) is 2.85. The summed E-state index contributed by atoms with van der Waals surface area (Å²) < 4.78 is 0. The smallest absolute Gasteiger partial charge is 0.240 e. The van der Waals surface area contributed by atoms with Gasteiger partial charge in [-0.1, -0.05) is 48.5 Å². The summed E-state index contributed by atoms with van der Waals surface area (Å²) >= 11 is 0. The molecule has 2 N–H and O–H groups in total. The molecule has 0 spiro atoms. The number of para-hydroxylation sites is 1. The summed E-state index contributed by atoms with van der Waals surface area (Å²) in [5, 5.41) is 7.20. The standard InChI is InChI=1S/C17H19N3O/c21-17(20-19-14-15-8-3-1-4-9-15)12-7-13-18-16-10-5-2-6-11-16/h1-6,8-11,14,18H,7,12-13H2,(H,20,21)/b19-14-. The van der Waals surface area contributed by atoms with Crippen molar-refractivity contribution >= 4 is 17.8 Å². The average Bonchev–Trinajstić information content (AvgIpc) is 2.54. The third-order valence-electron chi connectivity index (χ3n) is 2.89. The third kappa shape index (κ3) is 5.91. The van der Waals surface area contributed by atoms with Crippen LogP contribution in [0.2, 0.25) is 0 Å². The van der Waals surface area contributed by atoms with Gasteiger partial charge in [-0.2, -0.15) is 5.10 Å². The van der Waals surface area contributed by atoms with E-state index in [0.717, 1.165) is 24.2 Å². The van der Waals surface area contributed by atoms with Gasteiger partial charge in [-0.15, -0.1) is 0 Å². The van der Waals surface area contributed by atoms with Crippen molar-refractivity contribution in [2.24, 2.45) is 5.10 Å². The maximum atomic E-state index is 11.6. The van der Waals surface area contributed by atoms with Crippen molar-refractivity contribution in [1.82, 2.24) is 5.43 Å². The highest BCUT2D eigenvalue weighted by atomic mass is 16.2. The van der Waals surface area contributed by atoms with Gasteiger partial charge in [0.1, 0.15) is 0 Å². The number of anilines is 1. The molecule has 0 aliphatic rings. The lowest BCUT2D eigenvalue weighted by molar-refractivity contribution is -0.121. The Morgan fingerprint density at radius 3 is 2.38 bits per heavy atom. The van der Waals surface area contributed by atoms with Crippen molar-refractivity contribution < 1.29 is 4.79 Å². The molecule has 2 aromatic rings. The number of benzene rings is 2. The van der Waals surface area contributed by atoms with Gasteiger partial charge in [-0.05, 0) is 24.1 Å². The van der Waals surface area contributed by atoms with Crippen molar-refractivity contribution in [2.75, 3.05) is 11.9 Å². The molecule has 21 heavy (non-hydrogen) atoms. The van der Waals surface area contributed by atoms with Gasteiger partial charge in [0.15, 0.2) is 0 Å². The zero-order valence-corrected chi connectivity index (χ0v) is 11.8. The Labute approximate surface area is 124 Å². The van der Waals surface area contributed by atoms with E-state index in [2.05, 4.69) is 15.8 Å². The van der Waals surface area contributed by atoms with E-state index in [1.54, 1.807) is 6.21 Å². The number of amides is 1. The van der Waals surface area contributed by atoms with Gasteiger partial charge >= 0.3 is 0 Å². The minimum atomic E-state index is -0.0722. The van der Waals surface area contributed by atoms with E-state index < -0.39 is 0 Å². The topological polar surface area (TPSA) is 53.5 Å². The van der Waals surface area contributed by atoms with Crippen molar-refractivity contribution in [1.29, 1.82) is 0 Å². The summed E-state index contributed by atoms with van der Waals surface area (Å²) in [5.74, 6) is -0.0722. The second-order valence-electron chi connectivity index (χ2n) is 4.60. The van der Waals surface area contributed by atoms with E-state index in [-0.39, 0.29) is 5.91 Å². The molecule has 1 amide bonds. The van der Waals surface area contributed by atoms with Crippen LogP contribution in [0.25, 0.3) is 0 Å². The Morgan fingerprint density at radius 1 is 1.00 bits per heavy atom. The predicted molar refractivity (Wildman–Crippen MR) is 86.3 cm³/mol. The lowest BCUT2D eigenvalue weighted by Gasteiger charge is -2.05. The van der Waals surface area contributed by atoms with Crippen LogP contribution in [-0.4, -0.2) is 18.7 Å². The molecule has 0 radical (unpaired) electrons. The zero-order valence-electron chi connectivity index (χ0n) is 11.8. The molecule has 0 saturated carbocycles. The number of carbonyl (C=O) groups excluding carboxylic acids is 1. The lowest BCUT2D eigenvalue weighted by Crippen LogP contribution is -2.18. The Bertz CT molecular complexity index is 567. The highest BCUT2D eigenvalue weighted by molar-refractivity contribution is 5.82. The second-order valence-corrected chi connectivity index (χ2v) is 4.60. The van der Waals surface area contributed by atoms with Crippen LogP contribution in [0.15, 0.2) is 65.8 Å². The van der Waals surface area contributed by atoms with E-state index >= 15 is 0 Å². The number of rotatable bonds is 7. The van der Waals surface area contributed by atoms with E-state index in [1.807, 2.05) is 60.7 Å². The van der Waals surface area contributed by atoms with Gasteiger partial charge in [0, 0.05) is 18.7 Å². The summed E-state index contributed by atoms with van der Waals surface area (Å²) in [4.78, 5) is 11.6. The van der Waals surface area contributed by atoms with Crippen LogP contribution in [-0.2, 0) is 4.79 Å². The quantitative estimate of drug-likeness (QED) is 0.465. The van der Waals surface area contributed by atoms with Gasteiger partial charge in [-0.25, -0.2) is 5.43 Å². The summed E-state index contributed by atoms with van der Waals surface area (Å²) in [6.45, 7) is 0.764. The van der Waals surface area contributed by atoms with Crippen LogP contribution in [0.4, 0.5) is 5.69 Å². The average molecular weight is 281 g/mol. The first-order valence-corrected chi connectivity index (χ1v) is 7.00. The highest BCUT2D eigenvalue weighted by Crippen LogP contribution is 2.04. The van der Waals surface area contributed by atoms with Crippen LogP contribution in [0.3, 0.4) is 0 Å². The van der Waals surface area contributed by atoms with Crippen LogP contribution < -0.4 is 10.7 Å². The van der Waals surface area contributed by atoms with Crippen molar-refractivity contribution in [3.05, 3.63) is 66.2 Å². The lowest BCUT2D eigenvalue weighted by atomic mass is 10.2. The maximum Gasteiger partial charge on any atom is 0.240 e. The molecule has 0 saturated heterocycles. The first kappa shape index (κ1) is 14.8. The van der Waals surface area contributed by atoms with Crippen LogP contribution in [0.1, 0.15) is 18.4 Å². The minimum absolute atomic E-state index is 0.0722. The highest BCUT2D eigenvalue weighted by Gasteiger charge is 1.98. The van der Waals surface area contributed by atoms with E-state index in [0.29, 0.717) is 6.42 Å². The molecule has 0 bridgehead atoms. The summed E-state index contributed by atoms with van der Waals surface area (Å²) in [6, 6.07) is 19.6. The molecule has 4 nitrogen and oxygen atoms in total. The van der Waals surface area contributed by atoms with Crippen LogP contribution in [0, 0.1) is 0 Å². The number of hydrogen-bond acceptors (Lipinski definition) is 3. The second kappa shape index (κ2) is 8.53. The van der Waals surface area contributed by atoms with E-state index in [9.17, 15) is 4.79 Å².